The molecule has 5 nitrogen and oxygen atoms in total. The minimum Gasteiger partial charge on any atom is -0.311 e. The van der Waals surface area contributed by atoms with Gasteiger partial charge in [0.05, 0.1) is 17.0 Å². The molecule has 0 aliphatic carbocycles. The number of nitrogens with zero attached hydrogens (tertiary/aromatic N) is 4. The maximum atomic E-state index is 13.0. The van der Waals surface area contributed by atoms with Gasteiger partial charge in [-0.1, -0.05) is 42.1 Å². The van der Waals surface area contributed by atoms with Crippen molar-refractivity contribution in [1.82, 2.24) is 14.6 Å². The largest absolute Gasteiger partial charge is 0.311 e. The number of aromatic nitrogens is 3. The van der Waals surface area contributed by atoms with E-state index in [-0.39, 0.29) is 5.91 Å². The first kappa shape index (κ1) is 19.8. The van der Waals surface area contributed by atoms with E-state index in [4.69, 9.17) is 5.10 Å². The van der Waals surface area contributed by atoms with Crippen molar-refractivity contribution < 1.29 is 4.79 Å². The van der Waals surface area contributed by atoms with Gasteiger partial charge in [-0.05, 0) is 61.6 Å². The van der Waals surface area contributed by atoms with Gasteiger partial charge in [0.2, 0.25) is 5.91 Å². The Bertz CT molecular complexity index is 1280. The smallest absolute Gasteiger partial charge is 0.237 e. The molecule has 0 saturated heterocycles. The van der Waals surface area contributed by atoms with E-state index >= 15 is 0 Å². The minimum absolute atomic E-state index is 0.120. The van der Waals surface area contributed by atoms with Crippen molar-refractivity contribution in [3.8, 4) is 11.3 Å². The fourth-order valence-electron chi connectivity index (χ4n) is 4.05. The van der Waals surface area contributed by atoms with Gasteiger partial charge in [-0.15, -0.1) is 0 Å². The molecule has 4 aromatic rings. The monoisotopic (exact) mass is 428 g/mol. The highest BCUT2D eigenvalue weighted by Crippen LogP contribution is 2.30. The number of aryl methyl sites for hydroxylation is 3. The minimum atomic E-state index is 0.120. The van der Waals surface area contributed by atoms with E-state index in [1.54, 1.807) is 6.20 Å². The van der Waals surface area contributed by atoms with Gasteiger partial charge < -0.3 is 4.90 Å². The molecule has 0 spiro atoms. The maximum Gasteiger partial charge on any atom is 0.237 e. The van der Waals surface area contributed by atoms with Crippen molar-refractivity contribution in [2.24, 2.45) is 0 Å². The molecule has 6 heteroatoms. The van der Waals surface area contributed by atoms with E-state index in [1.165, 1.54) is 28.5 Å². The molecule has 0 unspecified atom stereocenters. The molecular weight excluding hydrogens is 404 g/mol. The molecule has 2 aromatic carbocycles. The number of thioether (sulfide) groups is 1. The second kappa shape index (κ2) is 8.19. The number of para-hydroxylation sites is 1. The van der Waals surface area contributed by atoms with Gasteiger partial charge in [0.25, 0.3) is 0 Å². The van der Waals surface area contributed by atoms with Gasteiger partial charge in [0.15, 0.2) is 0 Å². The quantitative estimate of drug-likeness (QED) is 0.425. The summed E-state index contributed by atoms with van der Waals surface area (Å²) < 4.78 is 1.85. The van der Waals surface area contributed by atoms with Crippen molar-refractivity contribution in [3.05, 3.63) is 77.6 Å². The molecule has 156 valence electrons. The fourth-order valence-corrected chi connectivity index (χ4v) is 4.90. The molecule has 0 atom stereocenters. The Morgan fingerprint density at radius 1 is 1.10 bits per heavy atom. The zero-order valence-electron chi connectivity index (χ0n) is 17.7. The molecule has 5 rings (SSSR count). The number of hydrogen-bond donors (Lipinski definition) is 0. The van der Waals surface area contributed by atoms with Crippen molar-refractivity contribution >= 4 is 28.9 Å². The summed E-state index contributed by atoms with van der Waals surface area (Å²) in [6.45, 7) is 5.00. The molecule has 1 aliphatic heterocycles. The van der Waals surface area contributed by atoms with E-state index in [0.717, 1.165) is 46.9 Å². The summed E-state index contributed by atoms with van der Waals surface area (Å²) in [5, 5.41) is 5.55. The van der Waals surface area contributed by atoms with Crippen LogP contribution < -0.4 is 4.90 Å². The number of benzene rings is 2. The molecule has 3 heterocycles. The first-order valence-electron chi connectivity index (χ1n) is 10.5. The van der Waals surface area contributed by atoms with Crippen LogP contribution in [0.3, 0.4) is 0 Å². The molecule has 0 radical (unpaired) electrons. The summed E-state index contributed by atoms with van der Waals surface area (Å²) in [4.78, 5) is 19.5. The summed E-state index contributed by atoms with van der Waals surface area (Å²) in [7, 11) is 0. The second-order valence-electron chi connectivity index (χ2n) is 7.96. The highest BCUT2D eigenvalue weighted by molar-refractivity contribution is 8.00. The summed E-state index contributed by atoms with van der Waals surface area (Å²) in [5.41, 5.74) is 7.73. The lowest BCUT2D eigenvalue weighted by atomic mass is 10.0. The normalized spacial score (nSPS) is 13.4. The van der Waals surface area contributed by atoms with Crippen LogP contribution in [0.2, 0.25) is 0 Å². The van der Waals surface area contributed by atoms with E-state index in [1.807, 2.05) is 33.8 Å². The van der Waals surface area contributed by atoms with Crippen LogP contribution in [0.5, 0.6) is 0 Å². The number of fused-ring (bicyclic) bond motifs is 2. The van der Waals surface area contributed by atoms with Crippen LogP contribution in [0.25, 0.3) is 16.8 Å². The summed E-state index contributed by atoms with van der Waals surface area (Å²) in [6.07, 6.45) is 5.63. The second-order valence-corrected chi connectivity index (χ2v) is 8.92. The maximum absolute atomic E-state index is 13.0. The number of anilines is 1. The van der Waals surface area contributed by atoms with Gasteiger partial charge in [0.1, 0.15) is 5.03 Å². The zero-order valence-corrected chi connectivity index (χ0v) is 18.5. The van der Waals surface area contributed by atoms with Crippen molar-refractivity contribution in [2.75, 3.05) is 17.2 Å². The van der Waals surface area contributed by atoms with E-state index < -0.39 is 0 Å². The lowest BCUT2D eigenvalue weighted by Gasteiger charge is -2.29. The zero-order chi connectivity index (χ0) is 21.4. The van der Waals surface area contributed by atoms with Crippen LogP contribution in [0.1, 0.15) is 23.1 Å². The molecule has 1 amide bonds. The molecule has 0 saturated carbocycles. The summed E-state index contributed by atoms with van der Waals surface area (Å²) in [6, 6.07) is 16.6. The predicted octanol–water partition coefficient (Wildman–Crippen LogP) is 5.08. The predicted molar refractivity (Wildman–Crippen MR) is 126 cm³/mol. The number of carbonyl (C=O) groups excluding carboxylic acids is 1. The third-order valence-corrected chi connectivity index (χ3v) is 6.88. The van der Waals surface area contributed by atoms with E-state index in [0.29, 0.717) is 5.75 Å². The van der Waals surface area contributed by atoms with Gasteiger partial charge in [-0.2, -0.15) is 5.10 Å². The van der Waals surface area contributed by atoms with Crippen LogP contribution in [0, 0.1) is 13.8 Å². The van der Waals surface area contributed by atoms with Crippen LogP contribution in [-0.4, -0.2) is 32.8 Å². The Kier molecular flexibility index (Phi) is 5.24. The van der Waals surface area contributed by atoms with Gasteiger partial charge >= 0.3 is 0 Å². The Labute approximate surface area is 186 Å². The topological polar surface area (TPSA) is 50.5 Å². The standard InChI is InChI=1S/C25H24N4OS/c1-17-9-10-20(14-18(17)2)21-15-23-25(26-11-13-29(23)27-21)31-16-24(30)28-12-5-7-19-6-3-4-8-22(19)28/h3-4,6,8-11,13-15H,5,7,12,16H2,1-2H3. The Morgan fingerprint density at radius 2 is 1.97 bits per heavy atom. The third kappa shape index (κ3) is 3.83. The SMILES string of the molecule is Cc1ccc(-c2cc3c(SCC(=O)N4CCCc5ccccc54)nccn3n2)cc1C. The van der Waals surface area contributed by atoms with Gasteiger partial charge in [-0.25, -0.2) is 9.50 Å². The van der Waals surface area contributed by atoms with Crippen molar-refractivity contribution in [2.45, 2.75) is 31.7 Å². The van der Waals surface area contributed by atoms with E-state index in [9.17, 15) is 4.79 Å². The number of rotatable bonds is 4. The average Bonchev–Trinajstić information content (AvgIpc) is 3.24. The highest BCUT2D eigenvalue weighted by atomic mass is 32.2. The van der Waals surface area contributed by atoms with Crippen LogP contribution >= 0.6 is 11.8 Å². The summed E-state index contributed by atoms with van der Waals surface area (Å²) in [5.74, 6) is 0.473. The van der Waals surface area contributed by atoms with Crippen LogP contribution in [0.4, 0.5) is 5.69 Å². The number of amides is 1. The average molecular weight is 429 g/mol. The van der Waals surface area contributed by atoms with Gasteiger partial charge in [0, 0.05) is 30.2 Å². The lowest BCUT2D eigenvalue weighted by Crippen LogP contribution is -2.36. The lowest BCUT2D eigenvalue weighted by molar-refractivity contribution is -0.116. The first-order chi connectivity index (χ1) is 15.1. The Morgan fingerprint density at radius 3 is 2.84 bits per heavy atom. The van der Waals surface area contributed by atoms with Crippen LogP contribution in [0.15, 0.2) is 66.0 Å². The van der Waals surface area contributed by atoms with Gasteiger partial charge in [-0.3, -0.25) is 4.79 Å². The first-order valence-corrected chi connectivity index (χ1v) is 11.5. The molecule has 2 aromatic heterocycles. The molecule has 0 fully saturated rings. The molecule has 0 bridgehead atoms. The molecule has 0 N–H and O–H groups in total. The Hall–Kier alpha value is -3.12. The van der Waals surface area contributed by atoms with Crippen LogP contribution in [-0.2, 0) is 11.2 Å². The van der Waals surface area contributed by atoms with Crippen molar-refractivity contribution in [1.29, 1.82) is 0 Å². The highest BCUT2D eigenvalue weighted by Gasteiger charge is 2.22. The molecule has 1 aliphatic rings. The number of carbonyl (C=O) groups is 1. The molecule has 31 heavy (non-hydrogen) atoms. The third-order valence-electron chi connectivity index (χ3n) is 5.90. The fraction of sp³-hybridized carbons (Fsp3) is 0.240. The number of hydrogen-bond acceptors (Lipinski definition) is 4. The van der Waals surface area contributed by atoms with E-state index in [2.05, 4.69) is 49.2 Å². The Balaban J connectivity index is 1.38. The molecular formula is C25H24N4OS. The van der Waals surface area contributed by atoms with Crippen molar-refractivity contribution in [3.63, 3.8) is 0 Å². The summed E-state index contributed by atoms with van der Waals surface area (Å²) >= 11 is 1.48.